The number of hydrogen-bond donors (Lipinski definition) is 0. The maximum Gasteiger partial charge on any atom is 0.193 e. The average Bonchev–Trinajstić information content (AvgIpc) is 2.56. The third-order valence-electron chi connectivity index (χ3n) is 4.72. The summed E-state index contributed by atoms with van der Waals surface area (Å²) in [5, 5.41) is 0.799. The van der Waals surface area contributed by atoms with E-state index in [9.17, 15) is 0 Å². The average molecular weight is 355 g/mol. The number of unbranched alkanes of at least 4 members (excludes halogenated alkanes) is 3. The van der Waals surface area contributed by atoms with E-state index in [0.29, 0.717) is 0 Å². The molecule has 0 spiro atoms. The van der Waals surface area contributed by atoms with Crippen LogP contribution in [0.4, 0.5) is 0 Å². The monoisotopic (exact) mass is 354 g/mol. The molecular formula is C20H35ClOSi. The van der Waals surface area contributed by atoms with Crippen LogP contribution in [0.25, 0.3) is 0 Å². The van der Waals surface area contributed by atoms with Gasteiger partial charge in [0.2, 0.25) is 0 Å². The molecular weight excluding hydrogens is 320 g/mol. The Labute approximate surface area is 149 Å². The molecule has 0 saturated heterocycles. The van der Waals surface area contributed by atoms with Crippen LogP contribution in [-0.4, -0.2) is 8.32 Å². The van der Waals surface area contributed by atoms with Gasteiger partial charge in [-0.15, -0.1) is 0 Å². The number of rotatable bonds is 12. The minimum atomic E-state index is -1.65. The van der Waals surface area contributed by atoms with Crippen molar-refractivity contribution in [2.24, 2.45) is 0 Å². The highest BCUT2D eigenvalue weighted by atomic mass is 35.5. The Morgan fingerprint density at radius 2 is 1.30 bits per heavy atom. The van der Waals surface area contributed by atoms with Crippen LogP contribution in [0.15, 0.2) is 24.3 Å². The van der Waals surface area contributed by atoms with E-state index in [1.54, 1.807) is 0 Å². The molecule has 0 aromatic heterocycles. The molecule has 0 amide bonds. The smallest absolute Gasteiger partial charge is 0.193 e. The summed E-state index contributed by atoms with van der Waals surface area (Å²) in [7, 11) is -1.65. The molecule has 0 unspecified atom stereocenters. The van der Waals surface area contributed by atoms with Crippen LogP contribution in [0.1, 0.15) is 77.9 Å². The number of benzene rings is 1. The molecule has 0 N–H and O–H groups in total. The van der Waals surface area contributed by atoms with Crippen molar-refractivity contribution >= 4 is 19.9 Å². The zero-order valence-corrected chi connectivity index (χ0v) is 17.3. The van der Waals surface area contributed by atoms with Gasteiger partial charge < -0.3 is 4.43 Å². The molecule has 3 heteroatoms. The van der Waals surface area contributed by atoms with E-state index >= 15 is 0 Å². The molecule has 1 aromatic carbocycles. The van der Waals surface area contributed by atoms with Crippen molar-refractivity contribution in [3.8, 4) is 0 Å². The summed E-state index contributed by atoms with van der Waals surface area (Å²) in [6.45, 7) is 9.10. The lowest BCUT2D eigenvalue weighted by atomic mass is 10.1. The summed E-state index contributed by atoms with van der Waals surface area (Å²) in [6.07, 6.45) is 7.93. The van der Waals surface area contributed by atoms with Gasteiger partial charge in [0.15, 0.2) is 8.32 Å². The van der Waals surface area contributed by atoms with Crippen LogP contribution in [0.5, 0.6) is 0 Å². The Balaban J connectivity index is 2.87. The largest absolute Gasteiger partial charge is 0.410 e. The third-order valence-corrected chi connectivity index (χ3v) is 9.62. The van der Waals surface area contributed by atoms with Crippen molar-refractivity contribution < 1.29 is 4.43 Å². The van der Waals surface area contributed by atoms with E-state index in [1.165, 1.54) is 62.2 Å². The predicted octanol–water partition coefficient (Wildman–Crippen LogP) is 7.76. The number of halogens is 1. The number of hydrogen-bond acceptors (Lipinski definition) is 1. The van der Waals surface area contributed by atoms with Gasteiger partial charge in [-0.25, -0.2) is 0 Å². The minimum Gasteiger partial charge on any atom is -0.410 e. The van der Waals surface area contributed by atoms with Gasteiger partial charge in [0.1, 0.15) is 0 Å². The molecule has 0 heterocycles. The molecule has 0 saturated carbocycles. The molecule has 0 aliphatic carbocycles. The van der Waals surface area contributed by atoms with Crippen LogP contribution in [0.2, 0.25) is 23.2 Å². The van der Waals surface area contributed by atoms with Gasteiger partial charge in [-0.3, -0.25) is 0 Å². The molecule has 23 heavy (non-hydrogen) atoms. The SMILES string of the molecule is CCCC[Si](CCCC)(CCCC)O[C@@H](C)c1ccc(Cl)cc1. The lowest BCUT2D eigenvalue weighted by molar-refractivity contribution is 0.206. The lowest BCUT2D eigenvalue weighted by Crippen LogP contribution is -2.39. The zero-order valence-electron chi connectivity index (χ0n) is 15.5. The van der Waals surface area contributed by atoms with Crippen LogP contribution in [0.3, 0.4) is 0 Å². The molecule has 0 aliphatic rings. The second-order valence-electron chi connectivity index (χ2n) is 6.81. The molecule has 1 aromatic rings. The molecule has 0 aliphatic heterocycles. The van der Waals surface area contributed by atoms with E-state index in [1.807, 2.05) is 12.1 Å². The van der Waals surface area contributed by atoms with E-state index in [0.717, 1.165) is 5.02 Å². The van der Waals surface area contributed by atoms with E-state index in [-0.39, 0.29) is 6.10 Å². The molecule has 0 fully saturated rings. The summed E-state index contributed by atoms with van der Waals surface area (Å²) in [4.78, 5) is 0. The Morgan fingerprint density at radius 1 is 0.870 bits per heavy atom. The van der Waals surface area contributed by atoms with Crippen molar-refractivity contribution in [1.82, 2.24) is 0 Å². The fourth-order valence-electron chi connectivity index (χ4n) is 3.23. The Morgan fingerprint density at radius 3 is 1.70 bits per heavy atom. The summed E-state index contributed by atoms with van der Waals surface area (Å²) < 4.78 is 6.87. The maximum absolute atomic E-state index is 6.87. The van der Waals surface area contributed by atoms with E-state index in [4.69, 9.17) is 16.0 Å². The fraction of sp³-hybridized carbons (Fsp3) is 0.700. The van der Waals surface area contributed by atoms with Crippen molar-refractivity contribution in [1.29, 1.82) is 0 Å². The minimum absolute atomic E-state index is 0.185. The topological polar surface area (TPSA) is 9.23 Å². The standard InChI is InChI=1S/C20H35ClOSi/c1-5-8-15-23(16-9-6-2,17-10-7-3)22-18(4)19-11-13-20(21)14-12-19/h11-14,18H,5-10,15-17H2,1-4H3/t18-/m0/s1. The van der Waals surface area contributed by atoms with Gasteiger partial charge in [-0.1, -0.05) is 83.0 Å². The van der Waals surface area contributed by atoms with Gasteiger partial charge in [-0.05, 0) is 42.8 Å². The summed E-state index contributed by atoms with van der Waals surface area (Å²) in [6, 6.07) is 12.1. The van der Waals surface area contributed by atoms with Crippen LogP contribution in [-0.2, 0) is 4.43 Å². The maximum atomic E-state index is 6.87. The predicted molar refractivity (Wildman–Crippen MR) is 106 cm³/mol. The molecule has 132 valence electrons. The quantitative estimate of drug-likeness (QED) is 0.348. The van der Waals surface area contributed by atoms with Crippen LogP contribution >= 0.6 is 11.6 Å². The van der Waals surface area contributed by atoms with Gasteiger partial charge in [0.25, 0.3) is 0 Å². The molecule has 0 radical (unpaired) electrons. The van der Waals surface area contributed by atoms with Crippen molar-refractivity contribution in [3.63, 3.8) is 0 Å². The summed E-state index contributed by atoms with van der Waals surface area (Å²) in [5.74, 6) is 0. The van der Waals surface area contributed by atoms with Crippen LogP contribution in [0, 0.1) is 0 Å². The van der Waals surface area contributed by atoms with E-state index in [2.05, 4.69) is 39.8 Å². The van der Waals surface area contributed by atoms with Gasteiger partial charge in [-0.2, -0.15) is 0 Å². The lowest BCUT2D eigenvalue weighted by Gasteiger charge is -2.35. The van der Waals surface area contributed by atoms with Crippen molar-refractivity contribution in [2.45, 2.75) is 90.5 Å². The Bertz CT molecular complexity index is 396. The van der Waals surface area contributed by atoms with Crippen LogP contribution < -0.4 is 0 Å². The zero-order chi connectivity index (χ0) is 17.1. The second-order valence-corrected chi connectivity index (χ2v) is 11.3. The first-order chi connectivity index (χ1) is 11.1. The normalized spacial score (nSPS) is 13.3. The summed E-state index contributed by atoms with van der Waals surface area (Å²) in [5.41, 5.74) is 1.26. The summed E-state index contributed by atoms with van der Waals surface area (Å²) >= 11 is 6.02. The Hall–Kier alpha value is -0.313. The molecule has 1 rings (SSSR count). The second kappa shape index (κ2) is 11.3. The van der Waals surface area contributed by atoms with Gasteiger partial charge in [0, 0.05) is 5.02 Å². The first-order valence-electron chi connectivity index (χ1n) is 9.50. The Kier molecular flexibility index (Phi) is 10.2. The molecule has 0 bridgehead atoms. The van der Waals surface area contributed by atoms with Gasteiger partial charge in [0.05, 0.1) is 6.10 Å². The highest BCUT2D eigenvalue weighted by molar-refractivity contribution is 6.73. The first kappa shape index (κ1) is 20.7. The van der Waals surface area contributed by atoms with Crippen molar-refractivity contribution in [3.05, 3.63) is 34.9 Å². The van der Waals surface area contributed by atoms with E-state index < -0.39 is 8.32 Å². The fourth-order valence-corrected chi connectivity index (χ4v) is 8.33. The molecule has 1 atom stereocenters. The first-order valence-corrected chi connectivity index (χ1v) is 12.4. The highest BCUT2D eigenvalue weighted by Gasteiger charge is 2.35. The third kappa shape index (κ3) is 7.41. The highest BCUT2D eigenvalue weighted by Crippen LogP contribution is 2.34. The van der Waals surface area contributed by atoms with Gasteiger partial charge >= 0.3 is 0 Å². The molecule has 1 nitrogen and oxygen atoms in total. The van der Waals surface area contributed by atoms with Crippen molar-refractivity contribution in [2.75, 3.05) is 0 Å².